The molecular formula is C19H20N2O3S. The fraction of sp³-hybridized carbons (Fsp3) is 0.316. The Bertz CT molecular complexity index is 939. The van der Waals surface area contributed by atoms with Crippen molar-refractivity contribution in [3.8, 4) is 0 Å². The van der Waals surface area contributed by atoms with E-state index in [2.05, 4.69) is 6.07 Å². The fourth-order valence-electron chi connectivity index (χ4n) is 3.75. The normalized spacial score (nSPS) is 20.9. The summed E-state index contributed by atoms with van der Waals surface area (Å²) in [6, 6.07) is 14.6. The van der Waals surface area contributed by atoms with Gasteiger partial charge < -0.3 is 4.90 Å². The van der Waals surface area contributed by atoms with Gasteiger partial charge in [-0.3, -0.25) is 4.79 Å². The maximum Gasteiger partial charge on any atom is 0.243 e. The Kier molecular flexibility index (Phi) is 3.89. The number of piperazine rings is 1. The summed E-state index contributed by atoms with van der Waals surface area (Å²) < 4.78 is 27.4. The van der Waals surface area contributed by atoms with Crippen LogP contribution in [-0.4, -0.2) is 43.2 Å². The van der Waals surface area contributed by atoms with Crippen molar-refractivity contribution in [2.24, 2.45) is 0 Å². The first-order chi connectivity index (χ1) is 12.0. The molecule has 0 bridgehead atoms. The molecule has 0 aliphatic carbocycles. The topological polar surface area (TPSA) is 57.7 Å². The average Bonchev–Trinajstić information content (AvgIpc) is 2.61. The molecule has 2 aromatic rings. The van der Waals surface area contributed by atoms with E-state index in [1.165, 1.54) is 9.87 Å². The maximum absolute atomic E-state index is 13.0. The summed E-state index contributed by atoms with van der Waals surface area (Å²) >= 11 is 0. The number of carbonyl (C=O) groups is 1. The zero-order chi connectivity index (χ0) is 17.6. The highest BCUT2D eigenvalue weighted by Gasteiger charge is 2.41. The molecule has 0 radical (unpaired) electrons. The number of nitrogens with zero attached hydrogens (tertiary/aromatic N) is 2. The van der Waals surface area contributed by atoms with E-state index in [9.17, 15) is 13.2 Å². The monoisotopic (exact) mass is 356 g/mol. The molecule has 130 valence electrons. The van der Waals surface area contributed by atoms with Gasteiger partial charge in [-0.25, -0.2) is 8.42 Å². The third-order valence-corrected chi connectivity index (χ3v) is 6.86. The summed E-state index contributed by atoms with van der Waals surface area (Å²) in [5.74, 6) is -0.123. The summed E-state index contributed by atoms with van der Waals surface area (Å²) in [5, 5.41) is 0. The summed E-state index contributed by atoms with van der Waals surface area (Å²) in [6.45, 7) is 2.73. The summed E-state index contributed by atoms with van der Waals surface area (Å²) in [5.41, 5.74) is 3.15. The van der Waals surface area contributed by atoms with Gasteiger partial charge in [-0.05, 0) is 42.2 Å². The van der Waals surface area contributed by atoms with Crippen molar-refractivity contribution in [1.29, 1.82) is 0 Å². The van der Waals surface area contributed by atoms with Crippen LogP contribution in [0.5, 0.6) is 0 Å². The van der Waals surface area contributed by atoms with E-state index >= 15 is 0 Å². The van der Waals surface area contributed by atoms with Crippen LogP contribution >= 0.6 is 0 Å². The van der Waals surface area contributed by atoms with Gasteiger partial charge in [0.2, 0.25) is 15.9 Å². The number of aryl methyl sites for hydroxylation is 1. The van der Waals surface area contributed by atoms with E-state index in [1.54, 1.807) is 18.2 Å². The van der Waals surface area contributed by atoms with Crippen molar-refractivity contribution < 1.29 is 13.2 Å². The zero-order valence-electron chi connectivity index (χ0n) is 14.1. The lowest BCUT2D eigenvalue weighted by atomic mass is 9.91. The number of carbonyl (C=O) groups excluding carboxylic acids is 1. The second-order valence-electron chi connectivity index (χ2n) is 6.67. The molecule has 5 nitrogen and oxygen atoms in total. The van der Waals surface area contributed by atoms with E-state index in [-0.39, 0.29) is 23.4 Å². The number of sulfonamides is 1. The quantitative estimate of drug-likeness (QED) is 0.828. The minimum Gasteiger partial charge on any atom is -0.333 e. The van der Waals surface area contributed by atoms with Crippen LogP contribution in [-0.2, 0) is 21.2 Å². The third-order valence-electron chi connectivity index (χ3n) is 5.05. The molecule has 0 spiro atoms. The first kappa shape index (κ1) is 16.3. The van der Waals surface area contributed by atoms with Crippen LogP contribution in [0.1, 0.15) is 22.7 Å². The van der Waals surface area contributed by atoms with Gasteiger partial charge in [0.15, 0.2) is 0 Å². The molecule has 2 aliphatic rings. The van der Waals surface area contributed by atoms with Gasteiger partial charge in [-0.2, -0.15) is 4.31 Å². The van der Waals surface area contributed by atoms with Crippen LogP contribution in [0.2, 0.25) is 0 Å². The largest absolute Gasteiger partial charge is 0.333 e. The van der Waals surface area contributed by atoms with Crippen molar-refractivity contribution >= 4 is 15.9 Å². The lowest BCUT2D eigenvalue weighted by Gasteiger charge is -2.44. The van der Waals surface area contributed by atoms with Crippen LogP contribution in [0.25, 0.3) is 0 Å². The van der Waals surface area contributed by atoms with Crippen LogP contribution in [0, 0.1) is 6.92 Å². The average molecular weight is 356 g/mol. The number of hydrogen-bond donors (Lipinski definition) is 0. The van der Waals surface area contributed by atoms with Gasteiger partial charge in [0.1, 0.15) is 0 Å². The number of hydrogen-bond acceptors (Lipinski definition) is 3. The standard InChI is InChI=1S/C19H20N2O3S/c1-14-5-4-7-16(11-14)25(23,24)20-12-18-17-8-3-2-6-15(17)9-10-21(18)19(22)13-20/h2-8,11,18H,9-10,12-13H2,1H3/t18-/m1/s1. The lowest BCUT2D eigenvalue weighted by Crippen LogP contribution is -2.55. The van der Waals surface area contributed by atoms with E-state index in [1.807, 2.05) is 36.1 Å². The molecule has 1 fully saturated rings. The molecule has 0 N–H and O–H groups in total. The summed E-state index contributed by atoms with van der Waals surface area (Å²) in [4.78, 5) is 14.7. The molecule has 2 aromatic carbocycles. The Hall–Kier alpha value is -2.18. The molecule has 2 heterocycles. The molecule has 0 aromatic heterocycles. The van der Waals surface area contributed by atoms with E-state index < -0.39 is 10.0 Å². The van der Waals surface area contributed by atoms with Crippen molar-refractivity contribution in [3.05, 3.63) is 65.2 Å². The first-order valence-corrected chi connectivity index (χ1v) is 9.85. The number of fused-ring (bicyclic) bond motifs is 3. The van der Waals surface area contributed by atoms with Crippen molar-refractivity contribution in [1.82, 2.24) is 9.21 Å². The minimum atomic E-state index is -3.68. The Labute approximate surface area is 147 Å². The lowest BCUT2D eigenvalue weighted by molar-refractivity contribution is -0.138. The van der Waals surface area contributed by atoms with Crippen LogP contribution in [0.3, 0.4) is 0 Å². The molecule has 0 unspecified atom stereocenters. The van der Waals surface area contributed by atoms with Crippen LogP contribution in [0.4, 0.5) is 0 Å². The number of rotatable bonds is 2. The SMILES string of the molecule is Cc1cccc(S(=O)(=O)N2CC(=O)N3CCc4ccccc4[C@H]3C2)c1. The van der Waals surface area contributed by atoms with Gasteiger partial charge in [0.25, 0.3) is 0 Å². The Morgan fingerprint density at radius 2 is 1.88 bits per heavy atom. The van der Waals surface area contributed by atoms with E-state index in [0.29, 0.717) is 13.1 Å². The maximum atomic E-state index is 13.0. The number of amides is 1. The minimum absolute atomic E-state index is 0.0884. The second-order valence-corrected chi connectivity index (χ2v) is 8.60. The first-order valence-electron chi connectivity index (χ1n) is 8.41. The van der Waals surface area contributed by atoms with Crippen molar-refractivity contribution in [3.63, 3.8) is 0 Å². The van der Waals surface area contributed by atoms with E-state index in [4.69, 9.17) is 0 Å². The van der Waals surface area contributed by atoms with Crippen molar-refractivity contribution in [2.75, 3.05) is 19.6 Å². The zero-order valence-corrected chi connectivity index (χ0v) is 14.9. The highest BCUT2D eigenvalue weighted by Crippen LogP contribution is 2.34. The molecule has 1 saturated heterocycles. The van der Waals surface area contributed by atoms with E-state index in [0.717, 1.165) is 17.5 Å². The Morgan fingerprint density at radius 3 is 2.68 bits per heavy atom. The van der Waals surface area contributed by atoms with Crippen molar-refractivity contribution in [2.45, 2.75) is 24.3 Å². The third kappa shape index (κ3) is 2.75. The summed E-state index contributed by atoms with van der Waals surface area (Å²) in [7, 11) is -3.68. The second kappa shape index (κ2) is 5.97. The Balaban J connectivity index is 1.71. The molecular weight excluding hydrogens is 336 g/mol. The predicted octanol–water partition coefficient (Wildman–Crippen LogP) is 2.13. The highest BCUT2D eigenvalue weighted by molar-refractivity contribution is 7.89. The number of benzene rings is 2. The molecule has 1 atom stereocenters. The predicted molar refractivity (Wildman–Crippen MR) is 94.5 cm³/mol. The van der Waals surface area contributed by atoms with Gasteiger partial charge in [0.05, 0.1) is 17.5 Å². The molecule has 1 amide bonds. The fourth-order valence-corrected chi connectivity index (χ4v) is 5.26. The van der Waals surface area contributed by atoms with Gasteiger partial charge >= 0.3 is 0 Å². The summed E-state index contributed by atoms with van der Waals surface area (Å²) in [6.07, 6.45) is 0.822. The molecule has 4 rings (SSSR count). The molecule has 25 heavy (non-hydrogen) atoms. The van der Waals surface area contributed by atoms with Gasteiger partial charge in [-0.1, -0.05) is 36.4 Å². The molecule has 6 heteroatoms. The smallest absolute Gasteiger partial charge is 0.243 e. The van der Waals surface area contributed by atoms with Gasteiger partial charge in [0, 0.05) is 13.1 Å². The molecule has 0 saturated carbocycles. The van der Waals surface area contributed by atoms with Gasteiger partial charge in [-0.15, -0.1) is 0 Å². The Morgan fingerprint density at radius 1 is 1.08 bits per heavy atom. The van der Waals surface area contributed by atoms with Crippen LogP contribution < -0.4 is 0 Å². The molecule has 2 aliphatic heterocycles. The highest BCUT2D eigenvalue weighted by atomic mass is 32.2. The van der Waals surface area contributed by atoms with Crippen LogP contribution in [0.15, 0.2) is 53.4 Å².